The summed E-state index contributed by atoms with van der Waals surface area (Å²) in [5.74, 6) is 0. The normalized spacial score (nSPS) is 10.4. The molecule has 0 spiro atoms. The lowest BCUT2D eigenvalue weighted by Gasteiger charge is -2.00. The third kappa shape index (κ3) is 1.37. The Morgan fingerprint density at radius 1 is 0.917 bits per heavy atom. The smallest absolute Gasteiger partial charge is 0.0266 e. The van der Waals surface area contributed by atoms with Crippen LogP contribution in [0.4, 0.5) is 0 Å². The van der Waals surface area contributed by atoms with E-state index in [9.17, 15) is 0 Å². The Morgan fingerprint density at radius 2 is 1.67 bits per heavy atom. The first kappa shape index (κ1) is 8.14. The van der Waals surface area contributed by atoms with Crippen LogP contribution < -0.4 is 0 Å². The number of fused-ring (bicyclic) bond motifs is 1. The molecule has 0 aliphatic rings. The molecule has 0 saturated carbocycles. The summed E-state index contributed by atoms with van der Waals surface area (Å²) in [6.07, 6.45) is 0. The molecule has 2 heteroatoms. The van der Waals surface area contributed by atoms with Crippen LogP contribution >= 0.6 is 25.0 Å². The van der Waals surface area contributed by atoms with Crippen LogP contribution in [0.2, 0.25) is 0 Å². The van der Waals surface area contributed by atoms with Gasteiger partial charge in [0.15, 0.2) is 0 Å². The van der Waals surface area contributed by atoms with Crippen LogP contribution in [0.1, 0.15) is 0 Å². The van der Waals surface area contributed by atoms with Crippen molar-refractivity contribution in [3.8, 4) is 0 Å². The SMILES string of the molecule is BrSc1cccc2ccccc12. The fourth-order valence-electron chi connectivity index (χ4n) is 1.26. The predicted molar refractivity (Wildman–Crippen MR) is 58.7 cm³/mol. The first-order valence-corrected chi connectivity index (χ1v) is 6.34. The van der Waals surface area contributed by atoms with Gasteiger partial charge in [0.25, 0.3) is 0 Å². The van der Waals surface area contributed by atoms with Crippen molar-refractivity contribution in [2.24, 2.45) is 0 Å². The number of benzene rings is 2. The molecule has 0 bridgehead atoms. The molecule has 0 radical (unpaired) electrons. The molecule has 0 atom stereocenters. The van der Waals surface area contributed by atoms with E-state index in [4.69, 9.17) is 0 Å². The molecule has 0 nitrogen and oxygen atoms in total. The fourth-order valence-corrected chi connectivity index (χ4v) is 2.51. The quantitative estimate of drug-likeness (QED) is 0.717. The van der Waals surface area contributed by atoms with Gasteiger partial charge in [-0.15, -0.1) is 0 Å². The van der Waals surface area contributed by atoms with Crippen LogP contribution in [0, 0.1) is 0 Å². The van der Waals surface area contributed by atoms with E-state index >= 15 is 0 Å². The Hall–Kier alpha value is -0.470. The minimum atomic E-state index is 1.27. The molecule has 0 unspecified atom stereocenters. The Kier molecular flexibility index (Phi) is 2.38. The van der Waals surface area contributed by atoms with Crippen LogP contribution in [0.15, 0.2) is 47.4 Å². The van der Waals surface area contributed by atoms with Gasteiger partial charge in [0, 0.05) is 4.90 Å². The second-order valence-electron chi connectivity index (χ2n) is 2.55. The molecule has 0 aliphatic carbocycles. The predicted octanol–water partition coefficient (Wildman–Crippen LogP) is 4.24. The molecule has 0 fully saturated rings. The minimum absolute atomic E-state index is 1.27. The second kappa shape index (κ2) is 3.50. The van der Waals surface area contributed by atoms with Crippen molar-refractivity contribution in [3.05, 3.63) is 42.5 Å². The Labute approximate surface area is 83.2 Å². The summed E-state index contributed by atoms with van der Waals surface area (Å²) in [5, 5.41) is 2.60. The topological polar surface area (TPSA) is 0 Å². The molecule has 0 N–H and O–H groups in total. The van der Waals surface area contributed by atoms with Crippen molar-refractivity contribution < 1.29 is 0 Å². The van der Waals surface area contributed by atoms with Crippen molar-refractivity contribution >= 4 is 35.8 Å². The highest BCUT2D eigenvalue weighted by Gasteiger charge is 1.97. The summed E-state index contributed by atoms with van der Waals surface area (Å²) in [5.41, 5.74) is 0. The van der Waals surface area contributed by atoms with E-state index in [0.29, 0.717) is 0 Å². The highest BCUT2D eigenvalue weighted by Crippen LogP contribution is 2.31. The Bertz CT molecular complexity index is 392. The van der Waals surface area contributed by atoms with Crippen molar-refractivity contribution in [2.75, 3.05) is 0 Å². The number of rotatable bonds is 1. The molecule has 0 amide bonds. The molecule has 0 aromatic heterocycles. The van der Waals surface area contributed by atoms with Crippen molar-refractivity contribution in [1.82, 2.24) is 0 Å². The number of hydrogen-bond donors (Lipinski definition) is 0. The first-order chi connectivity index (χ1) is 5.92. The van der Waals surface area contributed by atoms with E-state index in [-0.39, 0.29) is 0 Å². The van der Waals surface area contributed by atoms with E-state index in [1.54, 1.807) is 10.2 Å². The van der Waals surface area contributed by atoms with Gasteiger partial charge in [-0.2, -0.15) is 0 Å². The summed E-state index contributed by atoms with van der Waals surface area (Å²) in [4.78, 5) is 1.27. The zero-order valence-corrected chi connectivity index (χ0v) is 8.73. The van der Waals surface area contributed by atoms with Gasteiger partial charge in [-0.1, -0.05) is 36.4 Å². The average Bonchev–Trinajstić information content (AvgIpc) is 2.17. The van der Waals surface area contributed by atoms with Gasteiger partial charge in [-0.3, -0.25) is 0 Å². The summed E-state index contributed by atoms with van der Waals surface area (Å²) < 4.78 is 0. The molecule has 0 saturated heterocycles. The molecule has 2 rings (SSSR count). The van der Waals surface area contributed by atoms with Crippen LogP contribution in [0.25, 0.3) is 10.8 Å². The van der Waals surface area contributed by atoms with Crippen molar-refractivity contribution in [2.45, 2.75) is 4.90 Å². The summed E-state index contributed by atoms with van der Waals surface area (Å²) in [6.45, 7) is 0. The lowest BCUT2D eigenvalue weighted by Crippen LogP contribution is -1.73. The highest BCUT2D eigenvalue weighted by atomic mass is 79.9. The molecule has 60 valence electrons. The van der Waals surface area contributed by atoms with Gasteiger partial charge >= 0.3 is 0 Å². The van der Waals surface area contributed by atoms with E-state index in [0.717, 1.165) is 0 Å². The third-order valence-electron chi connectivity index (χ3n) is 1.83. The van der Waals surface area contributed by atoms with Gasteiger partial charge in [0.05, 0.1) is 0 Å². The minimum Gasteiger partial charge on any atom is -0.0616 e. The second-order valence-corrected chi connectivity index (χ2v) is 4.12. The summed E-state index contributed by atoms with van der Waals surface area (Å²) in [6, 6.07) is 14.7. The summed E-state index contributed by atoms with van der Waals surface area (Å²) >= 11 is 3.40. The van der Waals surface area contributed by atoms with Gasteiger partial charge in [0.1, 0.15) is 0 Å². The molecule has 12 heavy (non-hydrogen) atoms. The maximum Gasteiger partial charge on any atom is 0.0266 e. The van der Waals surface area contributed by atoms with Crippen LogP contribution in [-0.2, 0) is 0 Å². The fraction of sp³-hybridized carbons (Fsp3) is 0. The Balaban J connectivity index is 2.79. The van der Waals surface area contributed by atoms with E-state index in [1.165, 1.54) is 15.7 Å². The van der Waals surface area contributed by atoms with Gasteiger partial charge in [-0.05, 0) is 41.8 Å². The maximum absolute atomic E-state index is 3.40. The lowest BCUT2D eigenvalue weighted by atomic mass is 10.1. The zero-order valence-electron chi connectivity index (χ0n) is 6.33. The average molecular weight is 239 g/mol. The van der Waals surface area contributed by atoms with E-state index in [2.05, 4.69) is 57.3 Å². The molecular weight excluding hydrogens is 232 g/mol. The number of halogens is 1. The van der Waals surface area contributed by atoms with E-state index in [1.807, 2.05) is 0 Å². The first-order valence-electron chi connectivity index (χ1n) is 3.68. The molecular formula is C10H7BrS. The van der Waals surface area contributed by atoms with Crippen LogP contribution in [-0.4, -0.2) is 0 Å². The molecule has 0 aliphatic heterocycles. The molecule has 2 aromatic carbocycles. The van der Waals surface area contributed by atoms with Gasteiger partial charge in [0.2, 0.25) is 0 Å². The maximum atomic E-state index is 3.40. The van der Waals surface area contributed by atoms with Gasteiger partial charge < -0.3 is 0 Å². The molecule has 0 heterocycles. The summed E-state index contributed by atoms with van der Waals surface area (Å²) in [7, 11) is 1.61. The molecule has 2 aromatic rings. The lowest BCUT2D eigenvalue weighted by molar-refractivity contribution is 1.56. The standard InChI is InChI=1S/C10H7BrS/c11-12-10-7-3-5-8-4-1-2-6-9(8)10/h1-7H. The third-order valence-corrected chi connectivity index (χ3v) is 3.40. The van der Waals surface area contributed by atoms with Crippen molar-refractivity contribution in [1.29, 1.82) is 0 Å². The van der Waals surface area contributed by atoms with Gasteiger partial charge in [-0.25, -0.2) is 0 Å². The van der Waals surface area contributed by atoms with Crippen LogP contribution in [0.3, 0.4) is 0 Å². The highest BCUT2D eigenvalue weighted by molar-refractivity contribution is 9.50. The van der Waals surface area contributed by atoms with Crippen LogP contribution in [0.5, 0.6) is 0 Å². The van der Waals surface area contributed by atoms with E-state index < -0.39 is 0 Å². The number of hydrogen-bond acceptors (Lipinski definition) is 1. The largest absolute Gasteiger partial charge is 0.0616 e. The Morgan fingerprint density at radius 3 is 2.50 bits per heavy atom. The monoisotopic (exact) mass is 238 g/mol. The zero-order chi connectivity index (χ0) is 8.39. The van der Waals surface area contributed by atoms with Crippen molar-refractivity contribution in [3.63, 3.8) is 0 Å².